The van der Waals surface area contributed by atoms with Crippen LogP contribution >= 0.6 is 0 Å². The molecule has 3 rings (SSSR count). The third-order valence-corrected chi connectivity index (χ3v) is 3.51. The molecule has 0 N–H and O–H groups in total. The minimum atomic E-state index is 0.612. The highest BCUT2D eigenvalue weighted by atomic mass is 16.5. The van der Waals surface area contributed by atoms with Gasteiger partial charge in [0.2, 0.25) is 11.4 Å². The molecule has 0 spiro atoms. The lowest BCUT2D eigenvalue weighted by molar-refractivity contribution is -0.359. The number of para-hydroxylation sites is 1. The summed E-state index contributed by atoms with van der Waals surface area (Å²) in [6.45, 7) is 0. The zero-order valence-corrected chi connectivity index (χ0v) is 12.7. The number of rotatable bonds is 4. The van der Waals surface area contributed by atoms with Crippen LogP contribution in [0.3, 0.4) is 0 Å². The number of allylic oxidation sites excluding steroid dienone is 1. The van der Waals surface area contributed by atoms with Crippen molar-refractivity contribution in [1.82, 2.24) is 0 Å². The molecule has 0 aliphatic carbocycles. The molecule has 0 atom stereocenters. The van der Waals surface area contributed by atoms with Crippen molar-refractivity contribution in [1.29, 1.82) is 0 Å². The van der Waals surface area contributed by atoms with Crippen molar-refractivity contribution in [2.45, 2.75) is 0 Å². The topological polar surface area (TPSA) is 26.1 Å². The van der Waals surface area contributed by atoms with Gasteiger partial charge in [-0.05, 0) is 23.8 Å². The van der Waals surface area contributed by atoms with Gasteiger partial charge in [0.25, 0.3) is 0 Å². The number of benzene rings is 3. The van der Waals surface area contributed by atoms with Gasteiger partial charge in [-0.15, -0.1) is 0 Å². The summed E-state index contributed by atoms with van der Waals surface area (Å²) >= 11 is 0. The van der Waals surface area contributed by atoms with E-state index >= 15 is 0 Å². The van der Waals surface area contributed by atoms with Crippen molar-refractivity contribution in [3.8, 4) is 0 Å². The minimum absolute atomic E-state index is 0.612. The van der Waals surface area contributed by atoms with Gasteiger partial charge in [0, 0.05) is 23.8 Å². The van der Waals surface area contributed by atoms with E-state index in [-0.39, 0.29) is 0 Å². The molecule has 112 valence electrons. The van der Waals surface area contributed by atoms with Crippen LogP contribution in [0.1, 0.15) is 11.1 Å². The number of nitrogens with zero attached hydrogens (tertiary/aromatic N) is 1. The zero-order valence-electron chi connectivity index (χ0n) is 12.7. The van der Waals surface area contributed by atoms with Crippen molar-refractivity contribution in [2.24, 2.45) is 0 Å². The molecule has 3 aromatic carbocycles. The van der Waals surface area contributed by atoms with Crippen LogP contribution in [0, 0.1) is 5.21 Å². The Hall–Kier alpha value is -3.13. The Morgan fingerprint density at radius 1 is 0.696 bits per heavy atom. The van der Waals surface area contributed by atoms with Crippen LogP contribution in [-0.2, 0) is 0 Å². The maximum Gasteiger partial charge on any atom is 0.224 e. The van der Waals surface area contributed by atoms with Gasteiger partial charge in [-0.3, -0.25) is 0 Å². The first-order valence-corrected chi connectivity index (χ1v) is 7.52. The summed E-state index contributed by atoms with van der Waals surface area (Å²) in [5, 5.41) is 12.8. The van der Waals surface area contributed by atoms with E-state index in [1.165, 1.54) is 0 Å². The van der Waals surface area contributed by atoms with Crippen molar-refractivity contribution < 1.29 is 4.74 Å². The normalized spacial score (nSPS) is 12.2. The molecular formula is C21H17NO. The Kier molecular flexibility index (Phi) is 4.65. The van der Waals surface area contributed by atoms with Crippen LogP contribution in [0.4, 0.5) is 5.69 Å². The van der Waals surface area contributed by atoms with Gasteiger partial charge in [0.15, 0.2) is 0 Å². The minimum Gasteiger partial charge on any atom is -0.618 e. The molecule has 0 heterocycles. The predicted molar refractivity (Wildman–Crippen MR) is 95.8 cm³/mol. The van der Waals surface area contributed by atoms with Crippen molar-refractivity contribution in [2.75, 3.05) is 0 Å². The lowest BCUT2D eigenvalue weighted by Crippen LogP contribution is -2.10. The maximum absolute atomic E-state index is 12.8. The summed E-state index contributed by atoms with van der Waals surface area (Å²) in [4.78, 5) is 0. The second-order valence-electron chi connectivity index (χ2n) is 5.13. The molecule has 0 unspecified atom stereocenters. The zero-order chi connectivity index (χ0) is 15.9. The van der Waals surface area contributed by atoms with Crippen molar-refractivity contribution in [3.05, 3.63) is 113 Å². The Balaban J connectivity index is 2.06. The Morgan fingerprint density at radius 3 is 1.83 bits per heavy atom. The summed E-state index contributed by atoms with van der Waals surface area (Å²) in [6, 6.07) is 28.9. The second-order valence-corrected chi connectivity index (χ2v) is 5.13. The molecule has 0 aliphatic rings. The molecule has 0 aliphatic heterocycles. The van der Waals surface area contributed by atoms with Crippen LogP contribution in [0.25, 0.3) is 6.08 Å². The van der Waals surface area contributed by atoms with E-state index in [1.807, 2.05) is 103 Å². The molecule has 0 radical (unpaired) electrons. The molecule has 0 amide bonds. The molecular weight excluding hydrogens is 282 g/mol. The molecule has 0 saturated heterocycles. The largest absolute Gasteiger partial charge is 0.618 e. The van der Waals surface area contributed by atoms with Gasteiger partial charge >= 0.3 is 0 Å². The van der Waals surface area contributed by atoms with Crippen molar-refractivity contribution in [3.63, 3.8) is 0 Å². The van der Waals surface area contributed by atoms with Crippen LogP contribution in [0.15, 0.2) is 97.1 Å². The fraction of sp³-hybridized carbons (Fsp3) is 0. The Labute approximate surface area is 136 Å². The third kappa shape index (κ3) is 3.74. The summed E-state index contributed by atoms with van der Waals surface area (Å²) in [6.07, 6.45) is 3.82. The molecule has 0 fully saturated rings. The van der Waals surface area contributed by atoms with E-state index in [0.717, 1.165) is 15.9 Å². The predicted octanol–water partition coefficient (Wildman–Crippen LogP) is 5.03. The van der Waals surface area contributed by atoms with E-state index < -0.39 is 0 Å². The molecule has 0 aromatic heterocycles. The highest BCUT2D eigenvalue weighted by Crippen LogP contribution is 2.14. The maximum atomic E-state index is 12.8. The lowest BCUT2D eigenvalue weighted by Gasteiger charge is -2.08. The first-order valence-electron chi connectivity index (χ1n) is 7.52. The van der Waals surface area contributed by atoms with Gasteiger partial charge in [-0.25, -0.2) is 0 Å². The average Bonchev–Trinajstić information content (AvgIpc) is 2.64. The smallest absolute Gasteiger partial charge is 0.224 e. The van der Waals surface area contributed by atoms with E-state index in [9.17, 15) is 5.21 Å². The van der Waals surface area contributed by atoms with Gasteiger partial charge < -0.3 is 5.21 Å². The highest BCUT2D eigenvalue weighted by molar-refractivity contribution is 6.08. The number of hydrogen-bond donors (Lipinski definition) is 0. The van der Waals surface area contributed by atoms with E-state index in [0.29, 0.717) is 11.4 Å². The molecule has 3 aromatic rings. The molecule has 0 saturated carbocycles. The Bertz CT molecular complexity index is 806. The monoisotopic (exact) mass is 299 g/mol. The van der Waals surface area contributed by atoms with Crippen LogP contribution in [-0.4, -0.2) is 10.5 Å². The summed E-state index contributed by atoms with van der Waals surface area (Å²) < 4.78 is 0.967. The van der Waals surface area contributed by atoms with Gasteiger partial charge in [-0.1, -0.05) is 66.7 Å². The molecule has 23 heavy (non-hydrogen) atoms. The number of hydrogen-bond acceptors (Lipinski definition) is 1. The van der Waals surface area contributed by atoms with Gasteiger partial charge in [0.05, 0.1) is 0 Å². The Morgan fingerprint density at radius 2 is 1.22 bits per heavy atom. The molecule has 2 heteroatoms. The highest BCUT2D eigenvalue weighted by Gasteiger charge is 2.11. The molecule has 2 nitrogen and oxygen atoms in total. The summed E-state index contributed by atoms with van der Waals surface area (Å²) in [5.74, 6) is 0. The quantitative estimate of drug-likeness (QED) is 0.287. The fourth-order valence-corrected chi connectivity index (χ4v) is 2.33. The fourth-order valence-electron chi connectivity index (χ4n) is 2.33. The van der Waals surface area contributed by atoms with Crippen LogP contribution < -0.4 is 0 Å². The van der Waals surface area contributed by atoms with E-state index in [2.05, 4.69) is 0 Å². The average molecular weight is 299 g/mol. The van der Waals surface area contributed by atoms with Crippen LogP contribution in [0.5, 0.6) is 0 Å². The third-order valence-electron chi connectivity index (χ3n) is 3.51. The summed E-state index contributed by atoms with van der Waals surface area (Å²) in [7, 11) is 0. The first kappa shape index (κ1) is 14.8. The lowest BCUT2D eigenvalue weighted by atomic mass is 10.1. The summed E-state index contributed by atoms with van der Waals surface area (Å²) in [5.41, 5.74) is 3.17. The molecule has 0 bridgehead atoms. The van der Waals surface area contributed by atoms with Crippen LogP contribution in [0.2, 0.25) is 0 Å². The second kappa shape index (κ2) is 7.23. The standard InChI is InChI=1S/C21H17NO/c23-22(20-14-8-3-9-15-20)21(19-12-6-2-7-13-19)17-16-18-10-4-1-5-11-18/h1-17H/b17-16+,22-21-. The van der Waals surface area contributed by atoms with E-state index in [4.69, 9.17) is 0 Å². The van der Waals surface area contributed by atoms with Crippen molar-refractivity contribution >= 4 is 17.5 Å². The SMILES string of the molecule is [O-]/[N+](=C(/C=C/c1ccccc1)c1ccccc1)c1ccccc1. The van der Waals surface area contributed by atoms with E-state index in [1.54, 1.807) is 0 Å². The van der Waals surface area contributed by atoms with Gasteiger partial charge in [-0.2, -0.15) is 4.74 Å². The first-order chi connectivity index (χ1) is 11.3. The van der Waals surface area contributed by atoms with Gasteiger partial charge in [0.1, 0.15) is 0 Å².